The Kier molecular flexibility index (Phi) is 4.89. The molecule has 17 heavy (non-hydrogen) atoms. The average molecular weight is 244 g/mol. The number of carboxylic acid groups (broad SMARTS) is 1. The van der Waals surface area contributed by atoms with Crippen LogP contribution in [0.2, 0.25) is 0 Å². The molecular weight excluding hydrogens is 224 g/mol. The van der Waals surface area contributed by atoms with E-state index in [1.807, 2.05) is 6.92 Å². The lowest BCUT2D eigenvalue weighted by atomic mass is 9.93. The van der Waals surface area contributed by atoms with Gasteiger partial charge in [-0.15, -0.1) is 0 Å². The molecule has 3 N–H and O–H groups in total. The Labute approximate surface area is 101 Å². The lowest BCUT2D eigenvalue weighted by Gasteiger charge is -2.27. The Hall–Kier alpha value is -1.14. The summed E-state index contributed by atoms with van der Waals surface area (Å²) < 4.78 is 4.76. The van der Waals surface area contributed by atoms with Gasteiger partial charge < -0.3 is 20.5 Å². The number of carbonyl (C=O) groups excluding carboxylic acids is 1. The van der Waals surface area contributed by atoms with E-state index in [1.54, 1.807) is 0 Å². The van der Waals surface area contributed by atoms with Crippen LogP contribution in [0.1, 0.15) is 26.2 Å². The normalized spacial score (nSPS) is 25.5. The van der Waals surface area contributed by atoms with Gasteiger partial charge in [0.25, 0.3) is 0 Å². The molecule has 98 valence electrons. The maximum absolute atomic E-state index is 12.0. The smallest absolute Gasteiger partial charge is 0.334 e. The second kappa shape index (κ2) is 5.97. The van der Waals surface area contributed by atoms with Gasteiger partial charge in [0, 0.05) is 7.11 Å². The number of methoxy groups -OCH3 is 1. The Morgan fingerprint density at radius 2 is 2.29 bits per heavy atom. The Bertz CT molecular complexity index is 287. The van der Waals surface area contributed by atoms with Crippen molar-refractivity contribution < 1.29 is 19.4 Å². The van der Waals surface area contributed by atoms with Crippen molar-refractivity contribution in [3.05, 3.63) is 0 Å². The minimum Gasteiger partial charge on any atom is -0.479 e. The SMILES string of the molecule is CCC1(C(=O)NCC(OC)C(=O)O)CCCN1. The monoisotopic (exact) mass is 244 g/mol. The molecule has 0 radical (unpaired) electrons. The highest BCUT2D eigenvalue weighted by Crippen LogP contribution is 2.22. The van der Waals surface area contributed by atoms with Crippen LogP contribution < -0.4 is 10.6 Å². The summed E-state index contributed by atoms with van der Waals surface area (Å²) >= 11 is 0. The van der Waals surface area contributed by atoms with E-state index in [1.165, 1.54) is 7.11 Å². The standard InChI is InChI=1S/C11H20N2O4/c1-3-11(5-4-6-13-11)10(16)12-7-8(17-2)9(14)15/h8,13H,3-7H2,1-2H3,(H,12,16)(H,14,15). The second-order valence-corrected chi connectivity index (χ2v) is 4.24. The molecule has 0 aliphatic carbocycles. The number of carboxylic acids is 1. The van der Waals surface area contributed by atoms with Crippen LogP contribution in [0.5, 0.6) is 0 Å². The number of amides is 1. The summed E-state index contributed by atoms with van der Waals surface area (Å²) in [6, 6.07) is 0. The van der Waals surface area contributed by atoms with Crippen LogP contribution in [-0.2, 0) is 14.3 Å². The molecule has 6 heteroatoms. The van der Waals surface area contributed by atoms with Crippen LogP contribution in [0.4, 0.5) is 0 Å². The van der Waals surface area contributed by atoms with E-state index in [-0.39, 0.29) is 12.5 Å². The number of aliphatic carboxylic acids is 1. The molecule has 0 aromatic heterocycles. The average Bonchev–Trinajstić information content (AvgIpc) is 2.79. The number of nitrogens with one attached hydrogen (secondary N) is 2. The predicted molar refractivity (Wildman–Crippen MR) is 61.7 cm³/mol. The number of ether oxygens (including phenoxy) is 1. The second-order valence-electron chi connectivity index (χ2n) is 4.24. The summed E-state index contributed by atoms with van der Waals surface area (Å²) in [5, 5.41) is 14.6. The molecule has 1 aliphatic rings. The molecule has 1 fully saturated rings. The first-order chi connectivity index (χ1) is 8.05. The highest BCUT2D eigenvalue weighted by Gasteiger charge is 2.39. The van der Waals surface area contributed by atoms with Crippen molar-refractivity contribution in [3.8, 4) is 0 Å². The molecule has 0 aromatic carbocycles. The van der Waals surface area contributed by atoms with Gasteiger partial charge in [0.15, 0.2) is 6.10 Å². The van der Waals surface area contributed by atoms with Crippen molar-refractivity contribution in [3.63, 3.8) is 0 Å². The van der Waals surface area contributed by atoms with Gasteiger partial charge in [-0.25, -0.2) is 4.79 Å². The third kappa shape index (κ3) is 3.17. The van der Waals surface area contributed by atoms with Gasteiger partial charge in [0.2, 0.25) is 5.91 Å². The molecule has 1 rings (SSSR count). The van der Waals surface area contributed by atoms with Crippen molar-refractivity contribution >= 4 is 11.9 Å². The summed E-state index contributed by atoms with van der Waals surface area (Å²) in [4.78, 5) is 22.7. The van der Waals surface area contributed by atoms with Crippen molar-refractivity contribution in [2.75, 3.05) is 20.2 Å². The number of rotatable bonds is 6. The fraction of sp³-hybridized carbons (Fsp3) is 0.818. The van der Waals surface area contributed by atoms with Crippen LogP contribution in [-0.4, -0.2) is 48.8 Å². The minimum atomic E-state index is -1.07. The molecule has 1 saturated heterocycles. The largest absolute Gasteiger partial charge is 0.479 e. The first kappa shape index (κ1) is 13.9. The quantitative estimate of drug-likeness (QED) is 0.599. The van der Waals surface area contributed by atoms with Gasteiger partial charge >= 0.3 is 5.97 Å². The van der Waals surface area contributed by atoms with Gasteiger partial charge in [-0.3, -0.25) is 4.79 Å². The van der Waals surface area contributed by atoms with Gasteiger partial charge in [-0.2, -0.15) is 0 Å². The lowest BCUT2D eigenvalue weighted by molar-refractivity contribution is -0.148. The molecule has 2 unspecified atom stereocenters. The molecule has 0 spiro atoms. The van der Waals surface area contributed by atoms with E-state index in [9.17, 15) is 9.59 Å². The van der Waals surface area contributed by atoms with Crippen LogP contribution in [0.25, 0.3) is 0 Å². The summed E-state index contributed by atoms with van der Waals surface area (Å²) in [5.41, 5.74) is -0.531. The zero-order valence-electron chi connectivity index (χ0n) is 10.3. The maximum Gasteiger partial charge on any atom is 0.334 e. The van der Waals surface area contributed by atoms with Gasteiger partial charge in [-0.05, 0) is 25.8 Å². The first-order valence-electron chi connectivity index (χ1n) is 5.84. The van der Waals surface area contributed by atoms with E-state index >= 15 is 0 Å². The van der Waals surface area contributed by atoms with Crippen LogP contribution in [0, 0.1) is 0 Å². The predicted octanol–water partition coefficient (Wildman–Crippen LogP) is -0.266. The molecule has 0 bridgehead atoms. The fourth-order valence-electron chi connectivity index (χ4n) is 2.09. The van der Waals surface area contributed by atoms with Crippen molar-refractivity contribution in [1.29, 1.82) is 0 Å². The van der Waals surface area contributed by atoms with E-state index in [0.29, 0.717) is 6.42 Å². The highest BCUT2D eigenvalue weighted by atomic mass is 16.5. The molecule has 1 amide bonds. The third-order valence-electron chi connectivity index (χ3n) is 3.29. The summed E-state index contributed by atoms with van der Waals surface area (Å²) in [7, 11) is 1.31. The van der Waals surface area contributed by atoms with Crippen molar-refractivity contribution in [2.45, 2.75) is 37.8 Å². The van der Waals surface area contributed by atoms with E-state index in [4.69, 9.17) is 9.84 Å². The van der Waals surface area contributed by atoms with Crippen LogP contribution >= 0.6 is 0 Å². The molecule has 1 aliphatic heterocycles. The molecule has 0 saturated carbocycles. The fourth-order valence-corrected chi connectivity index (χ4v) is 2.09. The first-order valence-corrected chi connectivity index (χ1v) is 5.84. The highest BCUT2D eigenvalue weighted by molar-refractivity contribution is 5.87. The topological polar surface area (TPSA) is 87.7 Å². The summed E-state index contributed by atoms with van der Waals surface area (Å²) in [6.07, 6.45) is 1.46. The molecule has 0 aromatic rings. The number of hydrogen-bond acceptors (Lipinski definition) is 4. The molecule has 6 nitrogen and oxygen atoms in total. The number of hydrogen-bond donors (Lipinski definition) is 3. The Balaban J connectivity index is 2.51. The molecule has 1 heterocycles. The van der Waals surface area contributed by atoms with Gasteiger partial charge in [-0.1, -0.05) is 6.92 Å². The van der Waals surface area contributed by atoms with Crippen molar-refractivity contribution in [2.24, 2.45) is 0 Å². The van der Waals surface area contributed by atoms with Gasteiger partial charge in [0.1, 0.15) is 0 Å². The zero-order valence-corrected chi connectivity index (χ0v) is 10.3. The Morgan fingerprint density at radius 3 is 2.71 bits per heavy atom. The number of carbonyl (C=O) groups is 2. The van der Waals surface area contributed by atoms with E-state index in [0.717, 1.165) is 19.4 Å². The maximum atomic E-state index is 12.0. The zero-order chi connectivity index (χ0) is 12.9. The van der Waals surface area contributed by atoms with Crippen LogP contribution in [0.3, 0.4) is 0 Å². The van der Waals surface area contributed by atoms with Gasteiger partial charge in [0.05, 0.1) is 12.1 Å². The third-order valence-corrected chi connectivity index (χ3v) is 3.29. The lowest BCUT2D eigenvalue weighted by Crippen LogP contribution is -2.54. The van der Waals surface area contributed by atoms with E-state index < -0.39 is 17.6 Å². The molecular formula is C11H20N2O4. The Morgan fingerprint density at radius 1 is 1.59 bits per heavy atom. The molecule has 2 atom stereocenters. The van der Waals surface area contributed by atoms with Crippen molar-refractivity contribution in [1.82, 2.24) is 10.6 Å². The van der Waals surface area contributed by atoms with Crippen LogP contribution in [0.15, 0.2) is 0 Å². The summed E-state index contributed by atoms with van der Waals surface area (Å²) in [6.45, 7) is 2.77. The minimum absolute atomic E-state index is 0.00586. The summed E-state index contributed by atoms with van der Waals surface area (Å²) in [5.74, 6) is -1.21. The van der Waals surface area contributed by atoms with E-state index in [2.05, 4.69) is 10.6 Å².